The summed E-state index contributed by atoms with van der Waals surface area (Å²) < 4.78 is 7.28. The van der Waals surface area contributed by atoms with E-state index in [9.17, 15) is 10.1 Å². The molecule has 4 heteroatoms. The first-order chi connectivity index (χ1) is 13.7. The van der Waals surface area contributed by atoms with Gasteiger partial charge >= 0.3 is 5.97 Å². The third-order valence-corrected chi connectivity index (χ3v) is 4.96. The number of nitriles is 1. The zero-order valence-electron chi connectivity index (χ0n) is 15.7. The molecule has 0 saturated carbocycles. The molecule has 0 amide bonds. The Morgan fingerprint density at radius 2 is 1.86 bits per heavy atom. The summed E-state index contributed by atoms with van der Waals surface area (Å²) in [6.07, 6.45) is 0.204. The lowest BCUT2D eigenvalue weighted by atomic mass is 10.0. The Morgan fingerprint density at radius 1 is 1.04 bits per heavy atom. The van der Waals surface area contributed by atoms with Crippen molar-refractivity contribution >= 4 is 27.6 Å². The highest BCUT2D eigenvalue weighted by molar-refractivity contribution is 5.87. The number of esters is 1. The van der Waals surface area contributed by atoms with Crippen molar-refractivity contribution in [2.75, 3.05) is 6.61 Å². The number of benzene rings is 3. The van der Waals surface area contributed by atoms with Gasteiger partial charge in [-0.3, -0.25) is 4.79 Å². The molecule has 0 bridgehead atoms. The highest BCUT2D eigenvalue weighted by Gasteiger charge is 2.15. The predicted octanol–water partition coefficient (Wildman–Crippen LogP) is 4.82. The van der Waals surface area contributed by atoms with Crippen LogP contribution in [0.5, 0.6) is 0 Å². The van der Waals surface area contributed by atoms with Crippen molar-refractivity contribution in [1.29, 1.82) is 5.26 Å². The molecule has 0 spiro atoms. The van der Waals surface area contributed by atoms with Gasteiger partial charge in [0.15, 0.2) is 0 Å². The van der Waals surface area contributed by atoms with Gasteiger partial charge in [0.05, 0.1) is 24.7 Å². The number of hydrogen-bond acceptors (Lipinski definition) is 3. The van der Waals surface area contributed by atoms with Crippen LogP contribution in [0.3, 0.4) is 0 Å². The van der Waals surface area contributed by atoms with Crippen molar-refractivity contribution in [3.05, 3.63) is 83.6 Å². The normalized spacial score (nSPS) is 10.9. The number of carbonyl (C=O) groups excluding carboxylic acids is 1. The summed E-state index contributed by atoms with van der Waals surface area (Å²) in [6.45, 7) is 2.79. The van der Waals surface area contributed by atoms with Crippen LogP contribution in [0.25, 0.3) is 21.7 Å². The topological polar surface area (TPSA) is 55.0 Å². The first-order valence-corrected chi connectivity index (χ1v) is 9.34. The second kappa shape index (κ2) is 7.58. The molecule has 1 aromatic heterocycles. The SMILES string of the molecule is CCOC(=O)Cc1cc2ccc(C#N)cc2n1Cc1cccc2ccccc12. The average Bonchev–Trinajstić information content (AvgIpc) is 3.04. The summed E-state index contributed by atoms with van der Waals surface area (Å²) in [5.41, 5.74) is 3.61. The molecule has 4 aromatic rings. The maximum atomic E-state index is 12.1. The number of rotatable bonds is 5. The molecule has 0 aliphatic rings. The summed E-state index contributed by atoms with van der Waals surface area (Å²) in [6, 6.07) is 24.4. The fourth-order valence-corrected chi connectivity index (χ4v) is 3.67. The summed E-state index contributed by atoms with van der Waals surface area (Å²) in [5.74, 6) is -0.245. The molecule has 1 heterocycles. The van der Waals surface area contributed by atoms with Gasteiger partial charge < -0.3 is 9.30 Å². The van der Waals surface area contributed by atoms with E-state index < -0.39 is 0 Å². The van der Waals surface area contributed by atoms with Crippen molar-refractivity contribution in [1.82, 2.24) is 4.57 Å². The van der Waals surface area contributed by atoms with E-state index in [1.807, 2.05) is 37.3 Å². The second-order valence-corrected chi connectivity index (χ2v) is 6.73. The number of fused-ring (bicyclic) bond motifs is 2. The second-order valence-electron chi connectivity index (χ2n) is 6.73. The minimum absolute atomic E-state index is 0.204. The van der Waals surface area contributed by atoms with E-state index in [1.54, 1.807) is 6.07 Å². The molecule has 0 aliphatic carbocycles. The Kier molecular flexibility index (Phi) is 4.82. The van der Waals surface area contributed by atoms with E-state index in [4.69, 9.17) is 4.74 Å². The van der Waals surface area contributed by atoms with Gasteiger partial charge in [-0.1, -0.05) is 48.5 Å². The van der Waals surface area contributed by atoms with Crippen LogP contribution in [-0.2, 0) is 22.5 Å². The van der Waals surface area contributed by atoms with Crippen LogP contribution in [-0.4, -0.2) is 17.1 Å². The van der Waals surface area contributed by atoms with Gasteiger partial charge in [-0.2, -0.15) is 5.26 Å². The minimum atomic E-state index is -0.245. The number of carbonyl (C=O) groups is 1. The fourth-order valence-electron chi connectivity index (χ4n) is 3.67. The quantitative estimate of drug-likeness (QED) is 0.475. The van der Waals surface area contributed by atoms with Crippen LogP contribution >= 0.6 is 0 Å². The Bertz CT molecular complexity index is 1210. The van der Waals surface area contributed by atoms with Gasteiger partial charge in [0, 0.05) is 17.8 Å². The van der Waals surface area contributed by atoms with Crippen molar-refractivity contribution < 1.29 is 9.53 Å². The number of nitrogens with zero attached hydrogens (tertiary/aromatic N) is 2. The molecule has 0 atom stereocenters. The first-order valence-electron chi connectivity index (χ1n) is 9.34. The van der Waals surface area contributed by atoms with Crippen LogP contribution in [0.1, 0.15) is 23.7 Å². The van der Waals surface area contributed by atoms with Gasteiger partial charge in [-0.15, -0.1) is 0 Å². The van der Waals surface area contributed by atoms with Crippen molar-refractivity contribution in [3.8, 4) is 6.07 Å². The third kappa shape index (κ3) is 3.35. The lowest BCUT2D eigenvalue weighted by Gasteiger charge is -2.13. The molecule has 4 rings (SSSR count). The van der Waals surface area contributed by atoms with Crippen LogP contribution in [0, 0.1) is 11.3 Å². The van der Waals surface area contributed by atoms with Crippen molar-refractivity contribution in [2.24, 2.45) is 0 Å². The molecule has 28 heavy (non-hydrogen) atoms. The summed E-state index contributed by atoms with van der Waals surface area (Å²) >= 11 is 0. The van der Waals surface area contributed by atoms with Gasteiger partial charge in [0.25, 0.3) is 0 Å². The molecule has 0 radical (unpaired) electrons. The van der Waals surface area contributed by atoms with Gasteiger partial charge in [-0.05, 0) is 46.8 Å². The maximum absolute atomic E-state index is 12.1. The Labute approximate surface area is 163 Å². The van der Waals surface area contributed by atoms with Crippen LogP contribution in [0.2, 0.25) is 0 Å². The summed E-state index contributed by atoms with van der Waals surface area (Å²) in [7, 11) is 0. The maximum Gasteiger partial charge on any atom is 0.311 e. The molecular weight excluding hydrogens is 348 g/mol. The highest BCUT2D eigenvalue weighted by atomic mass is 16.5. The Hall–Kier alpha value is -3.58. The number of hydrogen-bond donors (Lipinski definition) is 0. The van der Waals surface area contributed by atoms with E-state index in [2.05, 4.69) is 41.0 Å². The number of aromatic nitrogens is 1. The lowest BCUT2D eigenvalue weighted by Crippen LogP contribution is -2.12. The van der Waals surface area contributed by atoms with Crippen LogP contribution < -0.4 is 0 Å². The molecular formula is C24H20N2O2. The molecule has 0 aliphatic heterocycles. The monoisotopic (exact) mass is 368 g/mol. The standard InChI is InChI=1S/C24H20N2O2/c1-2-28-24(27)14-21-13-19-11-10-17(15-25)12-23(19)26(21)16-20-8-5-7-18-6-3-4-9-22(18)20/h3-13H,2,14,16H2,1H3. The van der Waals surface area contributed by atoms with Gasteiger partial charge in [-0.25, -0.2) is 0 Å². The number of ether oxygens (including phenoxy) is 1. The van der Waals surface area contributed by atoms with Crippen molar-refractivity contribution in [3.63, 3.8) is 0 Å². The summed E-state index contributed by atoms with van der Waals surface area (Å²) in [5, 5.41) is 12.7. The smallest absolute Gasteiger partial charge is 0.311 e. The molecule has 0 fully saturated rings. The summed E-state index contributed by atoms with van der Waals surface area (Å²) in [4.78, 5) is 12.1. The minimum Gasteiger partial charge on any atom is -0.466 e. The molecule has 3 aromatic carbocycles. The first kappa shape index (κ1) is 17.8. The van der Waals surface area contributed by atoms with E-state index in [0.29, 0.717) is 18.7 Å². The molecule has 0 unspecified atom stereocenters. The van der Waals surface area contributed by atoms with Gasteiger partial charge in [0.2, 0.25) is 0 Å². The Balaban J connectivity index is 1.85. The van der Waals surface area contributed by atoms with E-state index >= 15 is 0 Å². The zero-order chi connectivity index (χ0) is 19.5. The molecule has 0 saturated heterocycles. The third-order valence-electron chi connectivity index (χ3n) is 4.96. The largest absolute Gasteiger partial charge is 0.466 e. The average molecular weight is 368 g/mol. The molecule has 4 nitrogen and oxygen atoms in total. The van der Waals surface area contributed by atoms with Crippen LogP contribution in [0.4, 0.5) is 0 Å². The lowest BCUT2D eigenvalue weighted by molar-refractivity contribution is -0.142. The Morgan fingerprint density at radius 3 is 2.68 bits per heavy atom. The zero-order valence-corrected chi connectivity index (χ0v) is 15.7. The van der Waals surface area contributed by atoms with E-state index in [-0.39, 0.29) is 12.4 Å². The van der Waals surface area contributed by atoms with Gasteiger partial charge in [0.1, 0.15) is 0 Å². The predicted molar refractivity (Wildman–Crippen MR) is 110 cm³/mol. The fraction of sp³-hybridized carbons (Fsp3) is 0.167. The molecule has 138 valence electrons. The van der Waals surface area contributed by atoms with Crippen LogP contribution in [0.15, 0.2) is 66.7 Å². The van der Waals surface area contributed by atoms with E-state index in [0.717, 1.165) is 16.6 Å². The molecule has 0 N–H and O–H groups in total. The van der Waals surface area contributed by atoms with Crippen molar-refractivity contribution in [2.45, 2.75) is 19.9 Å². The highest BCUT2D eigenvalue weighted by Crippen LogP contribution is 2.26. The van der Waals surface area contributed by atoms with E-state index in [1.165, 1.54) is 16.3 Å².